The average Bonchev–Trinajstić information content (AvgIpc) is 2.91. The lowest BCUT2D eigenvalue weighted by molar-refractivity contribution is -0.113. The molecule has 5 nitrogen and oxygen atoms in total. The largest absolute Gasteiger partial charge is 0.394 e. The highest BCUT2D eigenvalue weighted by atomic mass is 32.2. The lowest BCUT2D eigenvalue weighted by Gasteiger charge is -2.19. The highest BCUT2D eigenvalue weighted by molar-refractivity contribution is 8.18. The molecule has 24 heavy (non-hydrogen) atoms. The molecule has 0 aliphatic carbocycles. The van der Waals surface area contributed by atoms with Crippen LogP contribution in [-0.2, 0) is 4.79 Å². The van der Waals surface area contributed by atoms with Gasteiger partial charge in [-0.05, 0) is 47.5 Å². The van der Waals surface area contributed by atoms with Crippen molar-refractivity contribution in [1.29, 1.82) is 0 Å². The minimum absolute atomic E-state index is 0.00214. The molecule has 0 fully saturated rings. The number of aliphatic hydroxyl groups is 1. The van der Waals surface area contributed by atoms with Gasteiger partial charge in [0.15, 0.2) is 5.17 Å². The molecule has 1 amide bonds. The number of aromatic nitrogens is 1. The van der Waals surface area contributed by atoms with Crippen molar-refractivity contribution in [1.82, 2.24) is 10.3 Å². The summed E-state index contributed by atoms with van der Waals surface area (Å²) < 4.78 is 0. The van der Waals surface area contributed by atoms with E-state index in [0.29, 0.717) is 10.1 Å². The van der Waals surface area contributed by atoms with Crippen molar-refractivity contribution in [2.75, 3.05) is 6.61 Å². The Hall–Kier alpha value is -2.18. The molecule has 6 heteroatoms. The van der Waals surface area contributed by atoms with Gasteiger partial charge in [-0.3, -0.25) is 9.78 Å². The number of thioether (sulfide) groups is 1. The summed E-state index contributed by atoms with van der Waals surface area (Å²) in [5.74, 6) is -0.0105. The molecule has 0 saturated carbocycles. The van der Waals surface area contributed by atoms with E-state index in [2.05, 4.69) is 15.3 Å². The van der Waals surface area contributed by atoms with Crippen LogP contribution in [0.3, 0.4) is 0 Å². The summed E-state index contributed by atoms with van der Waals surface area (Å²) in [4.78, 5) is 21.0. The third-order valence-electron chi connectivity index (χ3n) is 3.86. The number of hydrogen-bond acceptors (Lipinski definition) is 5. The van der Waals surface area contributed by atoms with E-state index >= 15 is 0 Å². The third-order valence-corrected chi connectivity index (χ3v) is 4.77. The van der Waals surface area contributed by atoms with Gasteiger partial charge < -0.3 is 10.4 Å². The summed E-state index contributed by atoms with van der Waals surface area (Å²) >= 11 is 1.30. The molecule has 1 unspecified atom stereocenters. The first kappa shape index (κ1) is 16.7. The molecule has 0 spiro atoms. The molecular formula is C18H19N3O2S. The van der Waals surface area contributed by atoms with Crippen molar-refractivity contribution < 1.29 is 9.90 Å². The molecule has 2 N–H and O–H groups in total. The fourth-order valence-corrected chi connectivity index (χ4v) is 3.26. The molecule has 2 aromatic rings. The SMILES string of the molecule is CC(C)C(CO)NC1=NC(=O)/C(=C/c2ccc3ncccc3c2)S1. The van der Waals surface area contributed by atoms with Gasteiger partial charge in [0.25, 0.3) is 5.91 Å². The Morgan fingerprint density at radius 3 is 2.92 bits per heavy atom. The van der Waals surface area contributed by atoms with Crippen LogP contribution in [0.4, 0.5) is 0 Å². The van der Waals surface area contributed by atoms with Crippen molar-refractivity contribution >= 4 is 39.8 Å². The first-order valence-electron chi connectivity index (χ1n) is 7.81. The van der Waals surface area contributed by atoms with Crippen molar-refractivity contribution in [3.05, 3.63) is 47.0 Å². The van der Waals surface area contributed by atoms with Crippen LogP contribution in [0.25, 0.3) is 17.0 Å². The maximum atomic E-state index is 12.1. The Balaban J connectivity index is 1.78. The Morgan fingerprint density at radius 2 is 2.17 bits per heavy atom. The van der Waals surface area contributed by atoms with E-state index in [1.165, 1.54) is 11.8 Å². The number of aliphatic hydroxyl groups excluding tert-OH is 1. The predicted octanol–water partition coefficient (Wildman–Crippen LogP) is 2.81. The van der Waals surface area contributed by atoms with Crippen LogP contribution in [0.1, 0.15) is 19.4 Å². The zero-order chi connectivity index (χ0) is 17.1. The van der Waals surface area contributed by atoms with E-state index in [4.69, 9.17) is 0 Å². The van der Waals surface area contributed by atoms with E-state index < -0.39 is 0 Å². The first-order chi connectivity index (χ1) is 11.6. The van der Waals surface area contributed by atoms with Gasteiger partial charge >= 0.3 is 0 Å². The number of amides is 1. The fraction of sp³-hybridized carbons (Fsp3) is 0.278. The van der Waals surface area contributed by atoms with Crippen LogP contribution in [-0.4, -0.2) is 33.8 Å². The molecule has 2 heterocycles. The Bertz CT molecular complexity index is 830. The van der Waals surface area contributed by atoms with Crippen molar-refractivity contribution in [3.63, 3.8) is 0 Å². The van der Waals surface area contributed by atoms with Crippen molar-refractivity contribution in [2.24, 2.45) is 10.9 Å². The number of benzene rings is 1. The summed E-state index contributed by atoms with van der Waals surface area (Å²) in [6.07, 6.45) is 3.59. The second-order valence-corrected chi connectivity index (χ2v) is 7.00. The summed E-state index contributed by atoms with van der Waals surface area (Å²) in [5, 5.41) is 14.1. The van der Waals surface area contributed by atoms with Gasteiger partial charge in [-0.25, -0.2) is 0 Å². The molecule has 1 aliphatic rings. The molecule has 0 radical (unpaired) electrons. The Morgan fingerprint density at radius 1 is 1.33 bits per heavy atom. The Kier molecular flexibility index (Phi) is 4.97. The lowest BCUT2D eigenvalue weighted by atomic mass is 10.1. The zero-order valence-electron chi connectivity index (χ0n) is 13.6. The number of rotatable bonds is 4. The second-order valence-electron chi connectivity index (χ2n) is 5.97. The number of nitrogens with zero attached hydrogens (tertiary/aromatic N) is 2. The van der Waals surface area contributed by atoms with E-state index in [1.54, 1.807) is 6.20 Å². The van der Waals surface area contributed by atoms with Crippen LogP contribution in [0, 0.1) is 5.92 Å². The monoisotopic (exact) mass is 341 g/mol. The van der Waals surface area contributed by atoms with Crippen LogP contribution in [0.5, 0.6) is 0 Å². The van der Waals surface area contributed by atoms with Gasteiger partial charge in [-0.2, -0.15) is 4.99 Å². The summed E-state index contributed by atoms with van der Waals surface area (Å²) in [5.41, 5.74) is 1.86. The fourth-order valence-electron chi connectivity index (χ4n) is 2.39. The number of fused-ring (bicyclic) bond motifs is 1. The summed E-state index contributed by atoms with van der Waals surface area (Å²) in [6.45, 7) is 4.02. The summed E-state index contributed by atoms with van der Waals surface area (Å²) in [7, 11) is 0. The highest BCUT2D eigenvalue weighted by Crippen LogP contribution is 2.28. The molecule has 124 valence electrons. The van der Waals surface area contributed by atoms with E-state index in [-0.39, 0.29) is 24.5 Å². The van der Waals surface area contributed by atoms with Gasteiger partial charge in [0, 0.05) is 11.6 Å². The topological polar surface area (TPSA) is 74.6 Å². The second kappa shape index (κ2) is 7.15. The van der Waals surface area contributed by atoms with Gasteiger partial charge in [-0.1, -0.05) is 26.0 Å². The van der Waals surface area contributed by atoms with Crippen LogP contribution >= 0.6 is 11.8 Å². The minimum Gasteiger partial charge on any atom is -0.394 e. The van der Waals surface area contributed by atoms with Crippen LogP contribution < -0.4 is 5.32 Å². The normalized spacial score (nSPS) is 17.6. The molecule has 1 aliphatic heterocycles. The average molecular weight is 341 g/mol. The van der Waals surface area contributed by atoms with E-state index in [1.807, 2.05) is 50.3 Å². The third kappa shape index (κ3) is 3.66. The van der Waals surface area contributed by atoms with E-state index in [9.17, 15) is 9.90 Å². The molecule has 1 aromatic carbocycles. The smallest absolute Gasteiger partial charge is 0.286 e. The number of nitrogens with one attached hydrogen (secondary N) is 1. The first-order valence-corrected chi connectivity index (χ1v) is 8.63. The molecular weight excluding hydrogens is 322 g/mol. The number of pyridine rings is 1. The summed E-state index contributed by atoms with van der Waals surface area (Å²) in [6, 6.07) is 9.64. The van der Waals surface area contributed by atoms with Crippen LogP contribution in [0.2, 0.25) is 0 Å². The van der Waals surface area contributed by atoms with E-state index in [0.717, 1.165) is 16.5 Å². The van der Waals surface area contributed by atoms with Crippen molar-refractivity contribution in [2.45, 2.75) is 19.9 Å². The minimum atomic E-state index is -0.255. The molecule has 1 atom stereocenters. The highest BCUT2D eigenvalue weighted by Gasteiger charge is 2.24. The number of carbonyl (C=O) groups is 1. The molecule has 3 rings (SSSR count). The molecule has 1 aromatic heterocycles. The van der Waals surface area contributed by atoms with Crippen molar-refractivity contribution in [3.8, 4) is 0 Å². The number of hydrogen-bond donors (Lipinski definition) is 2. The van der Waals surface area contributed by atoms with Gasteiger partial charge in [0.1, 0.15) is 0 Å². The van der Waals surface area contributed by atoms with Crippen LogP contribution in [0.15, 0.2) is 46.4 Å². The lowest BCUT2D eigenvalue weighted by Crippen LogP contribution is -2.39. The number of amidine groups is 1. The maximum absolute atomic E-state index is 12.1. The quantitative estimate of drug-likeness (QED) is 0.837. The Labute approximate surface area is 144 Å². The van der Waals surface area contributed by atoms with Gasteiger partial charge in [-0.15, -0.1) is 0 Å². The van der Waals surface area contributed by atoms with Gasteiger partial charge in [0.05, 0.1) is 23.1 Å². The zero-order valence-corrected chi connectivity index (χ0v) is 14.4. The standard InChI is InChI=1S/C18H19N3O2S/c1-11(2)15(10-22)20-18-21-17(23)16(24-18)9-12-5-6-14-13(8-12)4-3-7-19-14/h3-9,11,15,22H,10H2,1-2H3,(H,20,21,23)/b16-9-. The number of aliphatic imine (C=N–C) groups is 1. The molecule has 0 saturated heterocycles. The molecule has 0 bridgehead atoms. The van der Waals surface area contributed by atoms with Gasteiger partial charge in [0.2, 0.25) is 0 Å². The maximum Gasteiger partial charge on any atom is 0.286 e. The predicted molar refractivity (Wildman–Crippen MR) is 98.6 cm³/mol. The number of carbonyl (C=O) groups excluding carboxylic acids is 1.